The minimum Gasteiger partial charge on any atom is -0.291 e. The maximum Gasteiger partial charge on any atom is 0.0409 e. The highest BCUT2D eigenvalue weighted by atomic mass is 35.5. The van der Waals surface area contributed by atoms with Gasteiger partial charge in [0.2, 0.25) is 0 Å². The summed E-state index contributed by atoms with van der Waals surface area (Å²) in [7, 11) is 0. The molecule has 0 radical (unpaired) electrons. The van der Waals surface area contributed by atoms with E-state index >= 15 is 0 Å². The summed E-state index contributed by atoms with van der Waals surface area (Å²) in [6.07, 6.45) is 0. The van der Waals surface area contributed by atoms with E-state index in [4.69, 9.17) is 34.8 Å². The molecule has 0 saturated carbocycles. The summed E-state index contributed by atoms with van der Waals surface area (Å²) in [5, 5.41) is 2.26. The highest BCUT2D eigenvalue weighted by molar-refractivity contribution is 6.31. The van der Waals surface area contributed by atoms with Gasteiger partial charge in [-0.15, -0.1) is 0 Å². The summed E-state index contributed by atoms with van der Waals surface area (Å²) in [5.41, 5.74) is 3.53. The van der Waals surface area contributed by atoms with Gasteiger partial charge in [0.15, 0.2) is 0 Å². The van der Waals surface area contributed by atoms with Crippen molar-refractivity contribution in [3.05, 3.63) is 105 Å². The van der Waals surface area contributed by atoms with Gasteiger partial charge in [-0.3, -0.25) is 4.90 Å². The molecule has 0 fully saturated rings. The molecule has 0 aliphatic rings. The Morgan fingerprint density at radius 2 is 0.840 bits per heavy atom. The zero-order chi connectivity index (χ0) is 17.6. The molecule has 0 saturated heterocycles. The molecule has 0 bridgehead atoms. The molecule has 0 heterocycles. The van der Waals surface area contributed by atoms with Crippen LogP contribution >= 0.6 is 34.8 Å². The predicted molar refractivity (Wildman–Crippen MR) is 107 cm³/mol. The molecular formula is C21H18Cl3N. The number of hydrogen-bond acceptors (Lipinski definition) is 1. The molecule has 0 aromatic heterocycles. The Balaban J connectivity index is 1.82. The van der Waals surface area contributed by atoms with E-state index < -0.39 is 0 Å². The van der Waals surface area contributed by atoms with Gasteiger partial charge in [0.25, 0.3) is 0 Å². The number of nitrogens with zero attached hydrogens (tertiary/aromatic N) is 1. The van der Waals surface area contributed by atoms with Gasteiger partial charge in [0, 0.05) is 34.7 Å². The quantitative estimate of drug-likeness (QED) is 0.445. The van der Waals surface area contributed by atoms with Gasteiger partial charge in [-0.05, 0) is 53.1 Å². The molecule has 3 rings (SSSR count). The number of halogens is 3. The van der Waals surface area contributed by atoms with E-state index in [9.17, 15) is 0 Å². The van der Waals surface area contributed by atoms with Crippen LogP contribution in [0.1, 0.15) is 16.7 Å². The third-order valence-corrected chi connectivity index (χ3v) is 4.59. The maximum atomic E-state index is 6.14. The van der Waals surface area contributed by atoms with Crippen LogP contribution in [0.2, 0.25) is 15.1 Å². The van der Waals surface area contributed by atoms with E-state index in [0.717, 1.165) is 34.7 Å². The van der Waals surface area contributed by atoms with Crippen LogP contribution in [0.5, 0.6) is 0 Å². The Morgan fingerprint density at radius 3 is 1.12 bits per heavy atom. The minimum absolute atomic E-state index is 0.753. The molecule has 0 unspecified atom stereocenters. The first kappa shape index (κ1) is 18.3. The van der Waals surface area contributed by atoms with Crippen molar-refractivity contribution in [1.82, 2.24) is 4.90 Å². The Hall–Kier alpha value is -1.51. The number of rotatable bonds is 6. The van der Waals surface area contributed by atoms with E-state index in [0.29, 0.717) is 0 Å². The van der Waals surface area contributed by atoms with Crippen LogP contribution in [0.3, 0.4) is 0 Å². The highest BCUT2D eigenvalue weighted by Crippen LogP contribution is 2.20. The first-order valence-corrected chi connectivity index (χ1v) is 9.17. The second kappa shape index (κ2) is 8.73. The van der Waals surface area contributed by atoms with Crippen LogP contribution in [-0.2, 0) is 19.6 Å². The standard InChI is InChI=1S/C21H18Cl3N/c22-19-7-1-4-16(10-19)13-25(14-17-5-2-8-20(23)11-17)15-18-6-3-9-21(24)12-18/h1-12H,13-15H2. The van der Waals surface area contributed by atoms with E-state index in [1.807, 2.05) is 54.6 Å². The van der Waals surface area contributed by atoms with Crippen molar-refractivity contribution in [2.24, 2.45) is 0 Å². The minimum atomic E-state index is 0.753. The van der Waals surface area contributed by atoms with Crippen LogP contribution in [0.15, 0.2) is 72.8 Å². The SMILES string of the molecule is Clc1cccc(CN(Cc2cccc(Cl)c2)Cc2cccc(Cl)c2)c1. The molecule has 128 valence electrons. The monoisotopic (exact) mass is 389 g/mol. The summed E-state index contributed by atoms with van der Waals surface area (Å²) in [4.78, 5) is 2.35. The first-order chi connectivity index (χ1) is 12.1. The fourth-order valence-electron chi connectivity index (χ4n) is 2.85. The molecule has 1 nitrogen and oxygen atoms in total. The van der Waals surface area contributed by atoms with Gasteiger partial charge in [0.1, 0.15) is 0 Å². The normalized spacial score (nSPS) is 11.0. The van der Waals surface area contributed by atoms with Crippen LogP contribution < -0.4 is 0 Å². The molecule has 0 aliphatic heterocycles. The van der Waals surface area contributed by atoms with Gasteiger partial charge in [0.05, 0.1) is 0 Å². The average Bonchev–Trinajstić information content (AvgIpc) is 2.55. The van der Waals surface area contributed by atoms with Crippen LogP contribution in [0, 0.1) is 0 Å². The Bertz CT molecular complexity index is 735. The van der Waals surface area contributed by atoms with Crippen molar-refractivity contribution in [3.8, 4) is 0 Å². The summed E-state index contributed by atoms with van der Waals surface area (Å²) >= 11 is 18.4. The fourth-order valence-corrected chi connectivity index (χ4v) is 3.49. The van der Waals surface area contributed by atoms with Crippen LogP contribution in [-0.4, -0.2) is 4.90 Å². The molecule has 0 atom stereocenters. The lowest BCUT2D eigenvalue weighted by Crippen LogP contribution is -2.22. The summed E-state index contributed by atoms with van der Waals surface area (Å²) in [6, 6.07) is 23.9. The average molecular weight is 391 g/mol. The molecule has 0 N–H and O–H groups in total. The van der Waals surface area contributed by atoms with Gasteiger partial charge in [-0.1, -0.05) is 71.2 Å². The largest absolute Gasteiger partial charge is 0.291 e. The van der Waals surface area contributed by atoms with E-state index in [1.54, 1.807) is 0 Å². The molecule has 4 heteroatoms. The van der Waals surface area contributed by atoms with Crippen molar-refractivity contribution >= 4 is 34.8 Å². The van der Waals surface area contributed by atoms with Crippen molar-refractivity contribution in [2.75, 3.05) is 0 Å². The summed E-state index contributed by atoms with van der Waals surface area (Å²) in [5.74, 6) is 0. The first-order valence-electron chi connectivity index (χ1n) is 8.04. The lowest BCUT2D eigenvalue weighted by atomic mass is 10.1. The zero-order valence-electron chi connectivity index (χ0n) is 13.6. The van der Waals surface area contributed by atoms with Crippen molar-refractivity contribution in [2.45, 2.75) is 19.6 Å². The predicted octanol–water partition coefficient (Wildman–Crippen LogP) is 6.85. The van der Waals surface area contributed by atoms with Gasteiger partial charge in [-0.2, -0.15) is 0 Å². The second-order valence-corrected chi connectivity index (χ2v) is 7.34. The van der Waals surface area contributed by atoms with E-state index in [2.05, 4.69) is 23.1 Å². The van der Waals surface area contributed by atoms with E-state index in [-0.39, 0.29) is 0 Å². The Kier molecular flexibility index (Phi) is 6.39. The maximum absolute atomic E-state index is 6.14. The summed E-state index contributed by atoms with van der Waals surface area (Å²) < 4.78 is 0. The van der Waals surface area contributed by atoms with Crippen molar-refractivity contribution in [3.63, 3.8) is 0 Å². The molecule has 3 aromatic carbocycles. The summed E-state index contributed by atoms with van der Waals surface area (Å²) in [6.45, 7) is 2.37. The van der Waals surface area contributed by atoms with E-state index in [1.165, 1.54) is 16.7 Å². The molecular weight excluding hydrogens is 373 g/mol. The third-order valence-electron chi connectivity index (χ3n) is 3.89. The molecule has 0 aliphatic carbocycles. The topological polar surface area (TPSA) is 3.24 Å². The lowest BCUT2D eigenvalue weighted by Gasteiger charge is -2.23. The highest BCUT2D eigenvalue weighted by Gasteiger charge is 2.10. The molecule has 25 heavy (non-hydrogen) atoms. The molecule has 3 aromatic rings. The van der Waals surface area contributed by atoms with Gasteiger partial charge < -0.3 is 0 Å². The smallest absolute Gasteiger partial charge is 0.0409 e. The zero-order valence-corrected chi connectivity index (χ0v) is 15.9. The van der Waals surface area contributed by atoms with Crippen LogP contribution in [0.25, 0.3) is 0 Å². The lowest BCUT2D eigenvalue weighted by molar-refractivity contribution is 0.248. The third kappa shape index (κ3) is 5.76. The van der Waals surface area contributed by atoms with Crippen LogP contribution in [0.4, 0.5) is 0 Å². The number of hydrogen-bond donors (Lipinski definition) is 0. The second-order valence-electron chi connectivity index (χ2n) is 6.03. The number of benzene rings is 3. The van der Waals surface area contributed by atoms with Crippen molar-refractivity contribution in [1.29, 1.82) is 0 Å². The Morgan fingerprint density at radius 1 is 0.520 bits per heavy atom. The van der Waals surface area contributed by atoms with Gasteiger partial charge >= 0.3 is 0 Å². The molecule has 0 amide bonds. The van der Waals surface area contributed by atoms with Crippen molar-refractivity contribution < 1.29 is 0 Å². The van der Waals surface area contributed by atoms with Gasteiger partial charge in [-0.25, -0.2) is 0 Å². The fraction of sp³-hybridized carbons (Fsp3) is 0.143. The Labute approximate surface area is 163 Å². The molecule has 0 spiro atoms.